The Bertz CT molecular complexity index is 1460. The number of aryl methyl sites for hydroxylation is 1. The van der Waals surface area contributed by atoms with Gasteiger partial charge in [0.05, 0.1) is 23.2 Å². The number of alkyl halides is 3. The molecular weight excluding hydrogens is 488 g/mol. The molecule has 2 aromatic heterocycles. The highest BCUT2D eigenvalue weighted by Crippen LogP contribution is 2.31. The molecule has 0 fully saturated rings. The van der Waals surface area contributed by atoms with E-state index in [0.717, 1.165) is 12.1 Å². The molecule has 2 aromatic carbocycles. The summed E-state index contributed by atoms with van der Waals surface area (Å²) in [6, 6.07) is 12.8. The number of nitrogens with one attached hydrogen (secondary N) is 1. The third-order valence-electron chi connectivity index (χ3n) is 5.12. The fourth-order valence-corrected chi connectivity index (χ4v) is 4.33. The zero-order chi connectivity index (χ0) is 25.2. The Morgan fingerprint density at radius 3 is 2.60 bits per heavy atom. The number of ether oxygens (including phenoxy) is 1. The van der Waals surface area contributed by atoms with Crippen LogP contribution in [-0.4, -0.2) is 32.3 Å². The van der Waals surface area contributed by atoms with Crippen molar-refractivity contribution in [3.63, 3.8) is 0 Å². The van der Waals surface area contributed by atoms with Crippen molar-refractivity contribution in [2.45, 2.75) is 23.9 Å². The number of halogens is 4. The van der Waals surface area contributed by atoms with Gasteiger partial charge in [0.15, 0.2) is 16.8 Å². The van der Waals surface area contributed by atoms with Gasteiger partial charge in [0.25, 0.3) is 5.56 Å². The molecule has 0 saturated heterocycles. The molecule has 2 heterocycles. The Balaban J connectivity index is 1.75. The average molecular weight is 506 g/mol. The second kappa shape index (κ2) is 9.82. The molecule has 0 radical (unpaired) electrons. The number of fused-ring (bicyclic) bond motifs is 1. The zero-order valence-corrected chi connectivity index (χ0v) is 19.0. The molecule has 4 aromatic rings. The van der Waals surface area contributed by atoms with Crippen molar-refractivity contribution in [1.82, 2.24) is 14.8 Å². The number of hydrogen-bond donors (Lipinski definition) is 1. The average Bonchev–Trinajstić information content (AvgIpc) is 2.83. The van der Waals surface area contributed by atoms with E-state index in [1.54, 1.807) is 18.2 Å². The van der Waals surface area contributed by atoms with E-state index in [0.29, 0.717) is 21.6 Å². The van der Waals surface area contributed by atoms with Crippen LogP contribution in [0.3, 0.4) is 0 Å². The first kappa shape index (κ1) is 24.3. The summed E-state index contributed by atoms with van der Waals surface area (Å²) >= 11 is 0. The first-order valence-corrected chi connectivity index (χ1v) is 11.4. The lowest BCUT2D eigenvalue weighted by Crippen LogP contribution is -2.19. The molecule has 35 heavy (non-hydrogen) atoms. The van der Waals surface area contributed by atoms with Gasteiger partial charge in [0, 0.05) is 30.1 Å². The monoisotopic (exact) mass is 506 g/mol. The van der Waals surface area contributed by atoms with Gasteiger partial charge in [-0.2, -0.15) is 18.3 Å². The number of anilines is 1. The summed E-state index contributed by atoms with van der Waals surface area (Å²) in [5.74, 6) is -0.545. The zero-order valence-electron chi connectivity index (χ0n) is 18.2. The minimum atomic E-state index is -4.44. The van der Waals surface area contributed by atoms with Crippen molar-refractivity contribution < 1.29 is 26.5 Å². The number of pyridine rings is 1. The Labute approximate surface area is 199 Å². The van der Waals surface area contributed by atoms with Crippen LogP contribution >= 0.6 is 0 Å². The summed E-state index contributed by atoms with van der Waals surface area (Å²) in [6.07, 6.45) is -4.72. The van der Waals surface area contributed by atoms with Crippen LogP contribution in [0.15, 0.2) is 70.5 Å². The van der Waals surface area contributed by atoms with Gasteiger partial charge in [0.2, 0.25) is 0 Å². The Kier molecular flexibility index (Phi) is 6.83. The molecule has 0 aliphatic carbocycles. The van der Waals surface area contributed by atoms with Crippen LogP contribution in [0.5, 0.6) is 5.75 Å². The lowest BCUT2D eigenvalue weighted by Gasteiger charge is -2.16. The number of rotatable bonds is 7. The van der Waals surface area contributed by atoms with E-state index in [9.17, 15) is 26.6 Å². The van der Waals surface area contributed by atoms with E-state index < -0.39 is 41.4 Å². The Morgan fingerprint density at radius 2 is 1.91 bits per heavy atom. The molecule has 182 valence electrons. The van der Waals surface area contributed by atoms with Crippen LogP contribution in [0.25, 0.3) is 16.6 Å². The maximum absolute atomic E-state index is 14.7. The molecule has 1 unspecified atom stereocenters. The predicted octanol–water partition coefficient (Wildman–Crippen LogP) is 4.56. The molecule has 0 saturated carbocycles. The van der Waals surface area contributed by atoms with Gasteiger partial charge in [-0.15, -0.1) is 5.10 Å². The molecule has 7 nitrogen and oxygen atoms in total. The van der Waals surface area contributed by atoms with Crippen molar-refractivity contribution in [1.29, 1.82) is 0 Å². The molecule has 4 rings (SSSR count). The first-order valence-electron chi connectivity index (χ1n) is 10.2. The van der Waals surface area contributed by atoms with Crippen LogP contribution < -0.4 is 15.0 Å². The molecule has 0 aliphatic heterocycles. The number of benzene rings is 2. The lowest BCUT2D eigenvalue weighted by atomic mass is 10.1. The molecule has 0 aliphatic rings. The molecule has 1 N–H and O–H groups in total. The summed E-state index contributed by atoms with van der Waals surface area (Å²) in [5.41, 5.74) is -0.296. The maximum Gasteiger partial charge on any atom is 0.389 e. The van der Waals surface area contributed by atoms with Crippen LogP contribution in [-0.2, 0) is 17.4 Å². The number of nitrogens with zero attached hydrogens (tertiary/aromatic N) is 3. The van der Waals surface area contributed by atoms with Crippen LogP contribution in [0.4, 0.5) is 23.4 Å². The van der Waals surface area contributed by atoms with Gasteiger partial charge in [0.1, 0.15) is 11.6 Å². The first-order chi connectivity index (χ1) is 16.7. The SMILES string of the molecule is COc1cc(CCC(F)(F)F)c(F)cc1-n1c(=O)ccc2cc(S(=O)Nc3cccnn3)ccc21. The standard InChI is InChI=1S/C23H18F4N4O3S/c1-34-20-12-14(8-9-23(25,26)27)17(24)13-19(20)31-18-6-5-16(11-15(18)4-7-22(31)32)35(33)30-21-3-2-10-28-29-21/h2-7,10-13H,8-9H2,1H3,(H,29,30). The number of methoxy groups -OCH3 is 1. The summed E-state index contributed by atoms with van der Waals surface area (Å²) in [7, 11) is -0.408. The highest BCUT2D eigenvalue weighted by molar-refractivity contribution is 7.86. The second-order valence-electron chi connectivity index (χ2n) is 7.44. The summed E-state index contributed by atoms with van der Waals surface area (Å²) < 4.78 is 74.5. The van der Waals surface area contributed by atoms with Gasteiger partial charge >= 0.3 is 6.18 Å². The van der Waals surface area contributed by atoms with Crippen molar-refractivity contribution in [2.75, 3.05) is 11.8 Å². The van der Waals surface area contributed by atoms with Crippen molar-refractivity contribution >= 4 is 27.7 Å². The minimum absolute atomic E-state index is 0.0305. The van der Waals surface area contributed by atoms with Crippen molar-refractivity contribution in [2.24, 2.45) is 0 Å². The van der Waals surface area contributed by atoms with Gasteiger partial charge in [-0.1, -0.05) is 0 Å². The predicted molar refractivity (Wildman–Crippen MR) is 122 cm³/mol. The summed E-state index contributed by atoms with van der Waals surface area (Å²) in [4.78, 5) is 13.1. The summed E-state index contributed by atoms with van der Waals surface area (Å²) in [6.45, 7) is 0. The number of hydrogen-bond acceptors (Lipinski definition) is 5. The van der Waals surface area contributed by atoms with E-state index in [1.165, 1.54) is 42.1 Å². The lowest BCUT2D eigenvalue weighted by molar-refractivity contribution is -0.134. The van der Waals surface area contributed by atoms with Crippen LogP contribution in [0, 0.1) is 5.82 Å². The molecule has 12 heteroatoms. The van der Waals surface area contributed by atoms with Gasteiger partial charge in [-0.25, -0.2) is 8.60 Å². The molecular formula is C23H18F4N4O3S. The van der Waals surface area contributed by atoms with E-state index in [1.807, 2.05) is 0 Å². The van der Waals surface area contributed by atoms with Gasteiger partial charge in [-0.05, 0) is 54.4 Å². The third kappa shape index (κ3) is 5.48. The van der Waals surface area contributed by atoms with Crippen LogP contribution in [0.1, 0.15) is 12.0 Å². The fraction of sp³-hybridized carbons (Fsp3) is 0.174. The minimum Gasteiger partial charge on any atom is -0.495 e. The maximum atomic E-state index is 14.7. The van der Waals surface area contributed by atoms with Crippen molar-refractivity contribution in [3.05, 3.63) is 82.5 Å². The highest BCUT2D eigenvalue weighted by Gasteiger charge is 2.27. The van der Waals surface area contributed by atoms with Crippen LogP contribution in [0.2, 0.25) is 0 Å². The van der Waals surface area contributed by atoms with E-state index in [4.69, 9.17) is 4.74 Å². The second-order valence-corrected chi connectivity index (χ2v) is 8.65. The molecule has 0 bridgehead atoms. The fourth-order valence-electron chi connectivity index (χ4n) is 3.49. The smallest absolute Gasteiger partial charge is 0.389 e. The van der Waals surface area contributed by atoms with Crippen molar-refractivity contribution in [3.8, 4) is 11.4 Å². The molecule has 0 amide bonds. The number of aromatic nitrogens is 3. The Hall–Kier alpha value is -3.80. The third-order valence-corrected chi connectivity index (χ3v) is 6.19. The van der Waals surface area contributed by atoms with E-state index in [2.05, 4.69) is 14.9 Å². The van der Waals surface area contributed by atoms with Gasteiger partial charge < -0.3 is 4.74 Å². The Morgan fingerprint density at radius 1 is 1.11 bits per heavy atom. The molecule has 1 atom stereocenters. The molecule has 0 spiro atoms. The summed E-state index contributed by atoms with van der Waals surface area (Å²) in [5, 5.41) is 8.04. The van der Waals surface area contributed by atoms with E-state index in [-0.39, 0.29) is 17.0 Å². The quantitative estimate of drug-likeness (QED) is 0.372. The van der Waals surface area contributed by atoms with Gasteiger partial charge in [-0.3, -0.25) is 14.1 Å². The topological polar surface area (TPSA) is 86.1 Å². The normalized spacial score (nSPS) is 12.5. The highest BCUT2D eigenvalue weighted by atomic mass is 32.2. The largest absolute Gasteiger partial charge is 0.495 e. The van der Waals surface area contributed by atoms with E-state index >= 15 is 0 Å².